The van der Waals surface area contributed by atoms with E-state index in [0.717, 1.165) is 10.5 Å². The average molecular weight is 488 g/mol. The van der Waals surface area contributed by atoms with Crippen LogP contribution in [0.3, 0.4) is 0 Å². The minimum absolute atomic E-state index is 0.0603. The molecule has 9 heteroatoms. The highest BCUT2D eigenvalue weighted by molar-refractivity contribution is 8.00. The monoisotopic (exact) mass is 487 g/mol. The molecular formula is C24H29N3O4S2. The van der Waals surface area contributed by atoms with E-state index in [2.05, 4.69) is 5.32 Å². The van der Waals surface area contributed by atoms with E-state index < -0.39 is 10.0 Å². The van der Waals surface area contributed by atoms with Crippen molar-refractivity contribution in [1.82, 2.24) is 14.5 Å². The zero-order valence-corrected chi connectivity index (χ0v) is 20.4. The Hall–Kier alpha value is -2.62. The maximum Gasteiger partial charge on any atom is 0.255 e. The smallest absolute Gasteiger partial charge is 0.255 e. The lowest BCUT2D eigenvalue weighted by Crippen LogP contribution is -2.50. The van der Waals surface area contributed by atoms with Crippen LogP contribution < -0.4 is 5.32 Å². The third-order valence-corrected chi connectivity index (χ3v) is 7.68. The van der Waals surface area contributed by atoms with Crippen LogP contribution in [-0.2, 0) is 14.8 Å². The van der Waals surface area contributed by atoms with Gasteiger partial charge in [-0.2, -0.15) is 4.31 Å². The van der Waals surface area contributed by atoms with E-state index >= 15 is 0 Å². The summed E-state index contributed by atoms with van der Waals surface area (Å²) in [6.07, 6.45) is 1.58. The molecule has 7 nitrogen and oxygen atoms in total. The minimum Gasteiger partial charge on any atom is -0.353 e. The van der Waals surface area contributed by atoms with Gasteiger partial charge in [-0.15, -0.1) is 11.8 Å². The molecule has 176 valence electrons. The van der Waals surface area contributed by atoms with Gasteiger partial charge in [-0.05, 0) is 37.6 Å². The molecule has 0 aliphatic carbocycles. The topological polar surface area (TPSA) is 86.8 Å². The van der Waals surface area contributed by atoms with Gasteiger partial charge in [0.2, 0.25) is 15.9 Å². The van der Waals surface area contributed by atoms with Gasteiger partial charge in [-0.25, -0.2) is 8.42 Å². The van der Waals surface area contributed by atoms with Gasteiger partial charge in [-0.3, -0.25) is 9.59 Å². The van der Waals surface area contributed by atoms with Gasteiger partial charge in [0.1, 0.15) is 0 Å². The number of nitrogens with one attached hydrogen (secondary N) is 1. The second-order valence-electron chi connectivity index (χ2n) is 7.96. The Kier molecular flexibility index (Phi) is 8.71. The summed E-state index contributed by atoms with van der Waals surface area (Å²) >= 11 is 1.32. The minimum atomic E-state index is -3.57. The van der Waals surface area contributed by atoms with Crippen molar-refractivity contribution in [2.75, 3.05) is 31.9 Å². The first-order valence-corrected chi connectivity index (χ1v) is 13.3. The molecule has 1 saturated heterocycles. The lowest BCUT2D eigenvalue weighted by molar-refractivity contribution is -0.119. The molecule has 1 aliphatic heterocycles. The number of sulfonamides is 1. The van der Waals surface area contributed by atoms with Crippen LogP contribution in [0.5, 0.6) is 0 Å². The zero-order valence-electron chi connectivity index (χ0n) is 18.8. The van der Waals surface area contributed by atoms with Gasteiger partial charge in [0.25, 0.3) is 5.91 Å². The zero-order chi connectivity index (χ0) is 23.8. The molecule has 1 N–H and O–H groups in total. The number of nitrogens with zero attached hydrogens (tertiary/aromatic N) is 2. The molecule has 0 radical (unpaired) electrons. The van der Waals surface area contributed by atoms with Crippen LogP contribution >= 0.6 is 11.8 Å². The second-order valence-corrected chi connectivity index (χ2v) is 10.8. The molecule has 0 spiro atoms. The largest absolute Gasteiger partial charge is 0.353 e. The number of carbonyl (C=O) groups excluding carboxylic acids is 2. The predicted molar refractivity (Wildman–Crippen MR) is 132 cm³/mol. The number of piperazine rings is 1. The Morgan fingerprint density at radius 1 is 1.00 bits per heavy atom. The van der Waals surface area contributed by atoms with Gasteiger partial charge in [-0.1, -0.05) is 42.5 Å². The van der Waals surface area contributed by atoms with Crippen LogP contribution in [0.1, 0.15) is 29.8 Å². The van der Waals surface area contributed by atoms with Crippen molar-refractivity contribution in [2.45, 2.75) is 24.8 Å². The van der Waals surface area contributed by atoms with Crippen LogP contribution in [0.2, 0.25) is 0 Å². The second kappa shape index (κ2) is 11.5. The highest BCUT2D eigenvalue weighted by atomic mass is 32.2. The van der Waals surface area contributed by atoms with Crippen LogP contribution in [0, 0.1) is 0 Å². The summed E-state index contributed by atoms with van der Waals surface area (Å²) in [5, 5.41) is 4.06. The van der Waals surface area contributed by atoms with E-state index in [0.29, 0.717) is 18.7 Å². The van der Waals surface area contributed by atoms with Crippen molar-refractivity contribution in [1.29, 1.82) is 0 Å². The molecule has 33 heavy (non-hydrogen) atoms. The molecule has 0 aromatic heterocycles. The Morgan fingerprint density at radius 2 is 1.64 bits per heavy atom. The fourth-order valence-electron chi connectivity index (χ4n) is 3.41. The lowest BCUT2D eigenvalue weighted by Gasteiger charge is -2.33. The van der Waals surface area contributed by atoms with Gasteiger partial charge in [0, 0.05) is 42.5 Å². The maximum absolute atomic E-state index is 13.1. The van der Waals surface area contributed by atoms with Crippen LogP contribution in [0.4, 0.5) is 0 Å². The standard InChI is InChI=1S/C24H29N3O4S2/c1-19(2)25-23(28)18-32-22-11-7-6-10-21(22)24(29)26-13-15-27(16-14-26)33(30,31)17-12-20-8-4-3-5-9-20/h3-12,17,19H,13-16,18H2,1-2H3,(H,25,28)/b17-12+. The fourth-order valence-corrected chi connectivity index (χ4v) is 5.44. The van der Waals surface area contributed by atoms with E-state index in [1.165, 1.54) is 21.5 Å². The van der Waals surface area contributed by atoms with Crippen molar-refractivity contribution >= 4 is 39.7 Å². The predicted octanol–water partition coefficient (Wildman–Crippen LogP) is 3.06. The molecule has 0 bridgehead atoms. The van der Waals surface area contributed by atoms with Crippen molar-refractivity contribution in [2.24, 2.45) is 0 Å². The first kappa shape index (κ1) is 25.0. The number of hydrogen-bond acceptors (Lipinski definition) is 5. The lowest BCUT2D eigenvalue weighted by atomic mass is 10.2. The van der Waals surface area contributed by atoms with Crippen LogP contribution in [0.25, 0.3) is 6.08 Å². The molecule has 0 atom stereocenters. The summed E-state index contributed by atoms with van der Waals surface area (Å²) in [6.45, 7) is 4.89. The Bertz CT molecular complexity index is 1090. The van der Waals surface area contributed by atoms with Crippen molar-refractivity contribution < 1.29 is 18.0 Å². The van der Waals surface area contributed by atoms with Gasteiger partial charge in [0.05, 0.1) is 11.3 Å². The number of benzene rings is 2. The third kappa shape index (κ3) is 7.18. The Balaban J connectivity index is 1.60. The summed E-state index contributed by atoms with van der Waals surface area (Å²) in [5.41, 5.74) is 1.34. The number of rotatable bonds is 8. The summed E-state index contributed by atoms with van der Waals surface area (Å²) in [6, 6.07) is 16.5. The van der Waals surface area contributed by atoms with E-state index in [-0.39, 0.29) is 36.7 Å². The number of thioether (sulfide) groups is 1. The summed E-state index contributed by atoms with van der Waals surface area (Å²) < 4.78 is 26.8. The number of amides is 2. The molecule has 1 aliphatic rings. The van der Waals surface area contributed by atoms with Gasteiger partial charge < -0.3 is 10.2 Å². The van der Waals surface area contributed by atoms with Crippen molar-refractivity contribution in [3.8, 4) is 0 Å². The van der Waals surface area contributed by atoms with Crippen molar-refractivity contribution in [3.05, 3.63) is 71.1 Å². The molecular weight excluding hydrogens is 458 g/mol. The maximum atomic E-state index is 13.1. The molecule has 0 saturated carbocycles. The van der Waals surface area contributed by atoms with E-state index in [1.807, 2.05) is 56.3 Å². The molecule has 2 amide bonds. The van der Waals surface area contributed by atoms with E-state index in [9.17, 15) is 18.0 Å². The fraction of sp³-hybridized carbons (Fsp3) is 0.333. The van der Waals surface area contributed by atoms with E-state index in [1.54, 1.807) is 23.1 Å². The first-order chi connectivity index (χ1) is 15.8. The average Bonchev–Trinajstić information content (AvgIpc) is 2.81. The summed E-state index contributed by atoms with van der Waals surface area (Å²) in [4.78, 5) is 27.5. The normalized spacial score (nSPS) is 15.2. The van der Waals surface area contributed by atoms with E-state index in [4.69, 9.17) is 0 Å². The number of carbonyl (C=O) groups is 2. The molecule has 2 aromatic carbocycles. The van der Waals surface area contributed by atoms with Crippen LogP contribution in [-0.4, -0.2) is 67.4 Å². The molecule has 1 fully saturated rings. The molecule has 2 aromatic rings. The number of hydrogen-bond donors (Lipinski definition) is 1. The highest BCUT2D eigenvalue weighted by Crippen LogP contribution is 2.24. The third-order valence-electron chi connectivity index (χ3n) is 5.04. The quantitative estimate of drug-likeness (QED) is 0.579. The highest BCUT2D eigenvalue weighted by Gasteiger charge is 2.28. The SMILES string of the molecule is CC(C)NC(=O)CSc1ccccc1C(=O)N1CCN(S(=O)(=O)/C=C/c2ccccc2)CC1. The van der Waals surface area contributed by atoms with Crippen LogP contribution in [0.15, 0.2) is 64.9 Å². The molecule has 3 rings (SSSR count). The molecule has 0 unspecified atom stereocenters. The van der Waals surface area contributed by atoms with Gasteiger partial charge >= 0.3 is 0 Å². The molecule has 1 heterocycles. The summed E-state index contributed by atoms with van der Waals surface area (Å²) in [7, 11) is -3.57. The Labute approximate surface area is 199 Å². The first-order valence-electron chi connectivity index (χ1n) is 10.8. The van der Waals surface area contributed by atoms with Gasteiger partial charge in [0.15, 0.2) is 0 Å². The Morgan fingerprint density at radius 3 is 2.30 bits per heavy atom. The summed E-state index contributed by atoms with van der Waals surface area (Å²) in [5.74, 6) is -0.0127. The van der Waals surface area contributed by atoms with Crippen molar-refractivity contribution in [3.63, 3.8) is 0 Å².